The molecule has 23 heavy (non-hydrogen) atoms. The van der Waals surface area contributed by atoms with Gasteiger partial charge in [-0.05, 0) is 35.9 Å². The molecule has 1 heterocycles. The third kappa shape index (κ3) is 3.75. The normalized spacial score (nSPS) is 11.2. The topological polar surface area (TPSA) is 90.4 Å². The van der Waals surface area contributed by atoms with Crippen molar-refractivity contribution in [3.63, 3.8) is 0 Å². The van der Waals surface area contributed by atoms with E-state index in [1.807, 2.05) is 18.2 Å². The number of phenols is 1. The van der Waals surface area contributed by atoms with E-state index >= 15 is 0 Å². The number of aromatic amines is 1. The van der Waals surface area contributed by atoms with Crippen molar-refractivity contribution in [1.82, 2.24) is 15.4 Å². The first-order valence-electron chi connectivity index (χ1n) is 6.84. The summed E-state index contributed by atoms with van der Waals surface area (Å²) in [6, 6.07) is 10.6. The lowest BCUT2D eigenvalue weighted by Gasteiger charge is -2.02. The van der Waals surface area contributed by atoms with Crippen molar-refractivity contribution < 1.29 is 9.90 Å². The first-order valence-corrected chi connectivity index (χ1v) is 7.63. The number of hydrazone groups is 1. The maximum absolute atomic E-state index is 11.9. The zero-order valence-corrected chi connectivity index (χ0v) is 13.5. The van der Waals surface area contributed by atoms with Gasteiger partial charge in [-0.25, -0.2) is 10.4 Å². The minimum atomic E-state index is -0.241. The van der Waals surface area contributed by atoms with Gasteiger partial charge in [0.2, 0.25) is 5.91 Å². The number of hydrogen-bond donors (Lipinski definition) is 3. The van der Waals surface area contributed by atoms with Crippen molar-refractivity contribution in [2.75, 3.05) is 0 Å². The largest absolute Gasteiger partial charge is 0.507 e. The van der Waals surface area contributed by atoms with Gasteiger partial charge in [0.1, 0.15) is 5.75 Å². The number of carbonyl (C=O) groups excluding carboxylic acids is 1. The van der Waals surface area contributed by atoms with E-state index in [-0.39, 0.29) is 18.1 Å². The van der Waals surface area contributed by atoms with Crippen molar-refractivity contribution >= 4 is 39.1 Å². The van der Waals surface area contributed by atoms with Crippen LogP contribution in [0.2, 0.25) is 0 Å². The summed E-state index contributed by atoms with van der Waals surface area (Å²) in [4.78, 5) is 19.0. The highest BCUT2D eigenvalue weighted by molar-refractivity contribution is 9.10. The monoisotopic (exact) mass is 372 g/mol. The number of carbonyl (C=O) groups is 1. The maximum Gasteiger partial charge on any atom is 0.244 e. The molecule has 7 heteroatoms. The number of nitrogens with one attached hydrogen (secondary N) is 2. The van der Waals surface area contributed by atoms with Gasteiger partial charge in [0.15, 0.2) is 0 Å². The molecule has 0 aliphatic carbocycles. The fourth-order valence-electron chi connectivity index (χ4n) is 2.12. The highest BCUT2D eigenvalue weighted by Crippen LogP contribution is 2.19. The number of H-pyrrole nitrogens is 1. The average Bonchev–Trinajstić information content (AvgIpc) is 2.98. The SMILES string of the molecule is O=C(Cc1ccc2nc[nH]c2c1)N/N=C/c1cc(Br)ccc1O. The molecule has 3 aromatic rings. The molecule has 3 rings (SSSR count). The molecule has 0 aliphatic rings. The molecule has 0 aliphatic heterocycles. The summed E-state index contributed by atoms with van der Waals surface area (Å²) < 4.78 is 0.816. The molecule has 0 atom stereocenters. The third-order valence-corrected chi connectivity index (χ3v) is 3.73. The van der Waals surface area contributed by atoms with Gasteiger partial charge in [0.05, 0.1) is 30.0 Å². The molecule has 0 fully saturated rings. The van der Waals surface area contributed by atoms with E-state index in [1.165, 1.54) is 6.21 Å². The molecular weight excluding hydrogens is 360 g/mol. The van der Waals surface area contributed by atoms with Crippen LogP contribution in [0.25, 0.3) is 11.0 Å². The fraction of sp³-hybridized carbons (Fsp3) is 0.0625. The number of phenolic OH excluding ortho intramolecular Hbond substituents is 1. The fourth-order valence-corrected chi connectivity index (χ4v) is 2.50. The first kappa shape index (κ1) is 15.2. The van der Waals surface area contributed by atoms with Crippen molar-refractivity contribution in [1.29, 1.82) is 0 Å². The summed E-state index contributed by atoms with van der Waals surface area (Å²) in [5, 5.41) is 13.5. The molecule has 2 aromatic carbocycles. The predicted molar refractivity (Wildman–Crippen MR) is 91.3 cm³/mol. The summed E-state index contributed by atoms with van der Waals surface area (Å²) >= 11 is 3.31. The van der Waals surface area contributed by atoms with Crippen LogP contribution in [0.3, 0.4) is 0 Å². The number of aromatic hydroxyl groups is 1. The highest BCUT2D eigenvalue weighted by atomic mass is 79.9. The Kier molecular flexibility index (Phi) is 4.38. The van der Waals surface area contributed by atoms with Crippen LogP contribution >= 0.6 is 15.9 Å². The summed E-state index contributed by atoms with van der Waals surface area (Å²) in [5.41, 5.74) is 5.57. The Morgan fingerprint density at radius 2 is 2.22 bits per heavy atom. The second-order valence-electron chi connectivity index (χ2n) is 4.93. The van der Waals surface area contributed by atoms with Crippen LogP contribution < -0.4 is 5.43 Å². The Hall–Kier alpha value is -2.67. The lowest BCUT2D eigenvalue weighted by atomic mass is 10.1. The van der Waals surface area contributed by atoms with Gasteiger partial charge >= 0.3 is 0 Å². The molecular formula is C16H13BrN4O2. The van der Waals surface area contributed by atoms with E-state index in [4.69, 9.17) is 0 Å². The molecule has 6 nitrogen and oxygen atoms in total. The smallest absolute Gasteiger partial charge is 0.244 e. The lowest BCUT2D eigenvalue weighted by molar-refractivity contribution is -0.120. The van der Waals surface area contributed by atoms with Crippen LogP contribution in [0, 0.1) is 0 Å². The van der Waals surface area contributed by atoms with Crippen molar-refractivity contribution in [2.45, 2.75) is 6.42 Å². The number of imidazole rings is 1. The molecule has 0 bridgehead atoms. The van der Waals surface area contributed by atoms with Crippen molar-refractivity contribution in [3.8, 4) is 5.75 Å². The zero-order chi connectivity index (χ0) is 16.2. The molecule has 116 valence electrons. The van der Waals surface area contributed by atoms with Crippen LogP contribution in [0.1, 0.15) is 11.1 Å². The van der Waals surface area contributed by atoms with Crippen LogP contribution in [-0.2, 0) is 11.2 Å². The van der Waals surface area contributed by atoms with Gasteiger partial charge in [-0.3, -0.25) is 4.79 Å². The van der Waals surface area contributed by atoms with Gasteiger partial charge in [-0.15, -0.1) is 0 Å². The van der Waals surface area contributed by atoms with Gasteiger partial charge in [-0.1, -0.05) is 22.0 Å². The summed E-state index contributed by atoms with van der Waals surface area (Å²) in [6.07, 6.45) is 3.22. The van der Waals surface area contributed by atoms with E-state index in [0.29, 0.717) is 5.56 Å². The van der Waals surface area contributed by atoms with E-state index < -0.39 is 0 Å². The molecule has 3 N–H and O–H groups in total. The number of fused-ring (bicyclic) bond motifs is 1. The highest BCUT2D eigenvalue weighted by Gasteiger charge is 2.05. The van der Waals surface area contributed by atoms with Gasteiger partial charge in [0.25, 0.3) is 0 Å². The van der Waals surface area contributed by atoms with Gasteiger partial charge < -0.3 is 10.1 Å². The third-order valence-electron chi connectivity index (χ3n) is 3.23. The molecule has 1 amide bonds. The second-order valence-corrected chi connectivity index (χ2v) is 5.84. The Bertz CT molecular complexity index is 889. The number of rotatable bonds is 4. The molecule has 0 saturated heterocycles. The summed E-state index contributed by atoms with van der Waals surface area (Å²) in [6.45, 7) is 0. The van der Waals surface area contributed by atoms with E-state index in [9.17, 15) is 9.90 Å². The quantitative estimate of drug-likeness (QED) is 0.485. The number of nitrogens with zero attached hydrogens (tertiary/aromatic N) is 2. The molecule has 0 spiro atoms. The van der Waals surface area contributed by atoms with Crippen molar-refractivity contribution in [3.05, 3.63) is 58.3 Å². The molecule has 0 saturated carbocycles. The predicted octanol–water partition coefficient (Wildman–Crippen LogP) is 2.72. The number of benzene rings is 2. The summed E-state index contributed by atoms with van der Waals surface area (Å²) in [7, 11) is 0. The summed E-state index contributed by atoms with van der Waals surface area (Å²) in [5.74, 6) is -0.148. The number of hydrogen-bond acceptors (Lipinski definition) is 4. The average molecular weight is 373 g/mol. The van der Waals surface area contributed by atoms with Gasteiger partial charge in [0, 0.05) is 10.0 Å². The Morgan fingerprint density at radius 3 is 3.09 bits per heavy atom. The van der Waals surface area contributed by atoms with Crippen LogP contribution in [0.15, 0.2) is 52.3 Å². The molecule has 1 aromatic heterocycles. The van der Waals surface area contributed by atoms with Crippen molar-refractivity contribution in [2.24, 2.45) is 5.10 Å². The van der Waals surface area contributed by atoms with Crippen LogP contribution in [0.5, 0.6) is 5.75 Å². The second kappa shape index (κ2) is 6.62. The number of amides is 1. The first-order chi connectivity index (χ1) is 11.1. The minimum Gasteiger partial charge on any atom is -0.507 e. The Labute approximate surface area is 140 Å². The van der Waals surface area contributed by atoms with Gasteiger partial charge in [-0.2, -0.15) is 5.10 Å². The molecule has 0 radical (unpaired) electrons. The zero-order valence-electron chi connectivity index (χ0n) is 12.0. The minimum absolute atomic E-state index is 0.0934. The van der Waals surface area contributed by atoms with E-state index in [0.717, 1.165) is 21.1 Å². The standard InChI is InChI=1S/C16H13BrN4O2/c17-12-2-4-15(22)11(7-12)8-20-21-16(23)6-10-1-3-13-14(5-10)19-9-18-13/h1-5,7-9,22H,6H2,(H,18,19)(H,21,23)/b20-8+. The maximum atomic E-state index is 11.9. The Morgan fingerprint density at radius 1 is 1.35 bits per heavy atom. The Balaban J connectivity index is 1.62. The number of halogens is 1. The molecule has 0 unspecified atom stereocenters. The number of aromatic nitrogens is 2. The van der Waals surface area contributed by atoms with Crippen LogP contribution in [0.4, 0.5) is 0 Å². The van der Waals surface area contributed by atoms with E-state index in [2.05, 4.69) is 36.4 Å². The lowest BCUT2D eigenvalue weighted by Crippen LogP contribution is -2.19. The van der Waals surface area contributed by atoms with E-state index in [1.54, 1.807) is 24.5 Å². The van der Waals surface area contributed by atoms with Crippen LogP contribution in [-0.4, -0.2) is 27.2 Å².